The molecule has 1 saturated heterocycles. The Bertz CT molecular complexity index is 710. The lowest BCUT2D eigenvalue weighted by Gasteiger charge is -2.35. The Morgan fingerprint density at radius 3 is 2.85 bits per heavy atom. The van der Waals surface area contributed by atoms with E-state index >= 15 is 0 Å². The molecule has 0 amide bonds. The molecule has 26 heavy (non-hydrogen) atoms. The Morgan fingerprint density at radius 2 is 2.15 bits per heavy atom. The second-order valence-corrected chi connectivity index (χ2v) is 7.06. The molecule has 1 aliphatic heterocycles. The number of aromatic nitrogens is 1. The van der Waals surface area contributed by atoms with Crippen molar-refractivity contribution in [2.24, 2.45) is 4.99 Å². The van der Waals surface area contributed by atoms with Gasteiger partial charge in [0.05, 0.1) is 12.2 Å². The van der Waals surface area contributed by atoms with Gasteiger partial charge in [0.1, 0.15) is 0 Å². The van der Waals surface area contributed by atoms with Gasteiger partial charge in [-0.25, -0.2) is 0 Å². The number of nitrogens with zero attached hydrogens (tertiary/aromatic N) is 3. The number of hydrogen-bond donors (Lipinski definition) is 2. The summed E-state index contributed by atoms with van der Waals surface area (Å²) < 4.78 is 5.38. The highest BCUT2D eigenvalue weighted by molar-refractivity contribution is 5.80. The van der Waals surface area contributed by atoms with Gasteiger partial charge in [-0.05, 0) is 30.9 Å². The number of aliphatic imine (C=N–C) groups is 1. The first-order valence-corrected chi connectivity index (χ1v) is 9.38. The van der Waals surface area contributed by atoms with Gasteiger partial charge in [-0.1, -0.05) is 37.2 Å². The van der Waals surface area contributed by atoms with Gasteiger partial charge in [0, 0.05) is 37.9 Å². The normalized spacial score (nSPS) is 18.2. The molecule has 2 heterocycles. The monoisotopic (exact) mass is 355 g/mol. The molecule has 1 aromatic heterocycles. The van der Waals surface area contributed by atoms with Crippen LogP contribution in [0.1, 0.15) is 44.1 Å². The molecule has 2 N–H and O–H groups in total. The van der Waals surface area contributed by atoms with Crippen molar-refractivity contribution in [3.05, 3.63) is 47.9 Å². The fourth-order valence-electron chi connectivity index (χ4n) is 3.21. The molecule has 0 aliphatic carbocycles. The van der Waals surface area contributed by atoms with E-state index in [1.54, 1.807) is 7.05 Å². The lowest BCUT2D eigenvalue weighted by molar-refractivity contribution is 0.371. The summed E-state index contributed by atoms with van der Waals surface area (Å²) in [6.07, 6.45) is 2.31. The summed E-state index contributed by atoms with van der Waals surface area (Å²) in [5.74, 6) is 2.00. The van der Waals surface area contributed by atoms with E-state index in [9.17, 15) is 0 Å². The highest BCUT2D eigenvalue weighted by Gasteiger charge is 2.21. The Hall–Kier alpha value is -2.50. The highest BCUT2D eigenvalue weighted by Crippen LogP contribution is 2.19. The summed E-state index contributed by atoms with van der Waals surface area (Å²) in [6.45, 7) is 6.87. The molecule has 2 aromatic rings. The molecular weight excluding hydrogens is 326 g/mol. The van der Waals surface area contributed by atoms with Crippen molar-refractivity contribution in [1.82, 2.24) is 15.8 Å². The van der Waals surface area contributed by atoms with E-state index in [0.29, 0.717) is 18.5 Å². The third kappa shape index (κ3) is 4.77. The number of rotatable bonds is 5. The van der Waals surface area contributed by atoms with Gasteiger partial charge in [-0.15, -0.1) is 0 Å². The zero-order valence-corrected chi connectivity index (χ0v) is 15.9. The van der Waals surface area contributed by atoms with Gasteiger partial charge in [0.25, 0.3) is 0 Å². The molecule has 1 aromatic carbocycles. The summed E-state index contributed by atoms with van der Waals surface area (Å²) in [6, 6.07) is 13.0. The molecular formula is C20H29N5O. The summed E-state index contributed by atoms with van der Waals surface area (Å²) in [5, 5.41) is 11.0. The third-order valence-electron chi connectivity index (χ3n) is 4.71. The average molecular weight is 355 g/mol. The SMILES string of the molecule is CN=C(NCc1cc(C(C)C)no1)NC1CCCN(c2ccccc2)C1. The molecule has 1 atom stereocenters. The topological polar surface area (TPSA) is 65.7 Å². The lowest BCUT2D eigenvalue weighted by Crippen LogP contribution is -2.51. The summed E-state index contributed by atoms with van der Waals surface area (Å²) >= 11 is 0. The Morgan fingerprint density at radius 1 is 1.35 bits per heavy atom. The molecule has 1 aliphatic rings. The van der Waals surface area contributed by atoms with E-state index in [-0.39, 0.29) is 0 Å². The van der Waals surface area contributed by atoms with Crippen molar-refractivity contribution in [2.45, 2.75) is 45.2 Å². The zero-order valence-electron chi connectivity index (χ0n) is 15.9. The van der Waals surface area contributed by atoms with Gasteiger partial charge in [-0.2, -0.15) is 0 Å². The minimum absolute atomic E-state index is 0.371. The minimum Gasteiger partial charge on any atom is -0.369 e. The van der Waals surface area contributed by atoms with Crippen LogP contribution in [0.3, 0.4) is 0 Å². The van der Waals surface area contributed by atoms with Crippen LogP contribution in [0.15, 0.2) is 45.9 Å². The second-order valence-electron chi connectivity index (χ2n) is 7.06. The van der Waals surface area contributed by atoms with E-state index in [2.05, 4.69) is 69.9 Å². The molecule has 0 spiro atoms. The average Bonchev–Trinajstić information content (AvgIpc) is 3.15. The van der Waals surface area contributed by atoms with Gasteiger partial charge >= 0.3 is 0 Å². The zero-order chi connectivity index (χ0) is 18.4. The van der Waals surface area contributed by atoms with Crippen LogP contribution in [0.4, 0.5) is 5.69 Å². The Balaban J connectivity index is 1.52. The highest BCUT2D eigenvalue weighted by atomic mass is 16.5. The van der Waals surface area contributed by atoms with Crippen molar-refractivity contribution < 1.29 is 4.52 Å². The van der Waals surface area contributed by atoms with Crippen LogP contribution < -0.4 is 15.5 Å². The van der Waals surface area contributed by atoms with Gasteiger partial charge < -0.3 is 20.1 Å². The van der Waals surface area contributed by atoms with Crippen molar-refractivity contribution in [1.29, 1.82) is 0 Å². The maximum absolute atomic E-state index is 5.38. The second kappa shape index (κ2) is 8.74. The van der Waals surface area contributed by atoms with E-state index in [4.69, 9.17) is 4.52 Å². The smallest absolute Gasteiger partial charge is 0.191 e. The van der Waals surface area contributed by atoms with Crippen LogP contribution >= 0.6 is 0 Å². The Kier molecular flexibility index (Phi) is 6.15. The predicted molar refractivity (Wildman–Crippen MR) is 106 cm³/mol. The maximum atomic E-state index is 5.38. The molecule has 1 unspecified atom stereocenters. The number of piperidine rings is 1. The lowest BCUT2D eigenvalue weighted by atomic mass is 10.1. The van der Waals surface area contributed by atoms with Gasteiger partial charge in [0.15, 0.2) is 11.7 Å². The third-order valence-corrected chi connectivity index (χ3v) is 4.71. The van der Waals surface area contributed by atoms with Gasteiger partial charge in [0.2, 0.25) is 0 Å². The first-order valence-electron chi connectivity index (χ1n) is 9.38. The fourth-order valence-corrected chi connectivity index (χ4v) is 3.21. The molecule has 3 rings (SSSR count). The van der Waals surface area contributed by atoms with E-state index in [0.717, 1.165) is 36.9 Å². The van der Waals surface area contributed by atoms with Crippen molar-refractivity contribution in [2.75, 3.05) is 25.0 Å². The number of hydrogen-bond acceptors (Lipinski definition) is 4. The maximum Gasteiger partial charge on any atom is 0.191 e. The van der Waals surface area contributed by atoms with Crippen molar-refractivity contribution >= 4 is 11.6 Å². The largest absolute Gasteiger partial charge is 0.369 e. The number of anilines is 1. The number of nitrogens with one attached hydrogen (secondary N) is 2. The number of para-hydroxylation sites is 1. The fraction of sp³-hybridized carbons (Fsp3) is 0.500. The first kappa shape index (κ1) is 18.3. The molecule has 6 nitrogen and oxygen atoms in total. The van der Waals surface area contributed by atoms with Crippen LogP contribution in [0.2, 0.25) is 0 Å². The van der Waals surface area contributed by atoms with E-state index in [1.165, 1.54) is 12.1 Å². The van der Waals surface area contributed by atoms with Crippen LogP contribution in [-0.2, 0) is 6.54 Å². The van der Waals surface area contributed by atoms with Crippen LogP contribution in [0.5, 0.6) is 0 Å². The minimum atomic E-state index is 0.371. The van der Waals surface area contributed by atoms with Crippen LogP contribution in [0.25, 0.3) is 0 Å². The van der Waals surface area contributed by atoms with Crippen molar-refractivity contribution in [3.63, 3.8) is 0 Å². The molecule has 0 saturated carbocycles. The first-order chi connectivity index (χ1) is 12.7. The molecule has 140 valence electrons. The molecule has 0 radical (unpaired) electrons. The van der Waals surface area contributed by atoms with E-state index < -0.39 is 0 Å². The quantitative estimate of drug-likeness (QED) is 0.637. The van der Waals surface area contributed by atoms with Crippen LogP contribution in [0, 0.1) is 0 Å². The van der Waals surface area contributed by atoms with Crippen LogP contribution in [-0.4, -0.2) is 37.3 Å². The standard InChI is InChI=1S/C20H29N5O/c1-15(2)19-12-18(26-24-19)13-22-20(21-3)23-16-8-7-11-25(14-16)17-9-5-4-6-10-17/h4-6,9-10,12,15-16H,7-8,11,13-14H2,1-3H3,(H2,21,22,23). The summed E-state index contributed by atoms with van der Waals surface area (Å²) in [4.78, 5) is 6.78. The molecule has 0 bridgehead atoms. The Labute approximate surface area is 155 Å². The van der Waals surface area contributed by atoms with E-state index in [1.807, 2.05) is 6.07 Å². The number of guanidine groups is 1. The molecule has 6 heteroatoms. The summed E-state index contributed by atoms with van der Waals surface area (Å²) in [7, 11) is 1.80. The van der Waals surface area contributed by atoms with Gasteiger partial charge in [-0.3, -0.25) is 4.99 Å². The number of benzene rings is 1. The molecule has 1 fully saturated rings. The summed E-state index contributed by atoms with van der Waals surface area (Å²) in [5.41, 5.74) is 2.26. The van der Waals surface area contributed by atoms with Crippen molar-refractivity contribution in [3.8, 4) is 0 Å². The predicted octanol–water partition coefficient (Wildman–Crippen LogP) is 3.13.